The summed E-state index contributed by atoms with van der Waals surface area (Å²) in [4.78, 5) is 35.2. The van der Waals surface area contributed by atoms with Crippen LogP contribution in [0.5, 0.6) is 0 Å². The van der Waals surface area contributed by atoms with Gasteiger partial charge in [-0.05, 0) is 6.42 Å². The van der Waals surface area contributed by atoms with Crippen molar-refractivity contribution in [1.82, 2.24) is 20.0 Å². The zero-order valence-electron chi connectivity index (χ0n) is 15.9. The minimum Gasteiger partial charge on any atom is -0.379 e. The van der Waals surface area contributed by atoms with Gasteiger partial charge in [0.05, 0.1) is 19.8 Å². The van der Waals surface area contributed by atoms with Crippen LogP contribution in [0.3, 0.4) is 0 Å². The number of aliphatic imine (C=N–C) groups is 1. The minimum atomic E-state index is -0.414. The molecule has 0 aromatic rings. The third-order valence-corrected chi connectivity index (χ3v) is 5.42. The monoisotopic (exact) mass is 365 g/mol. The van der Waals surface area contributed by atoms with Crippen molar-refractivity contribution in [2.45, 2.75) is 51.2 Å². The molecule has 2 fully saturated rings. The van der Waals surface area contributed by atoms with Crippen molar-refractivity contribution in [2.24, 2.45) is 4.99 Å². The number of amides is 3. The van der Waals surface area contributed by atoms with Gasteiger partial charge < -0.3 is 14.5 Å². The molecular weight excluding hydrogens is 334 g/mol. The Labute approximate surface area is 155 Å². The van der Waals surface area contributed by atoms with E-state index in [0.29, 0.717) is 6.54 Å². The lowest BCUT2D eigenvalue weighted by Crippen LogP contribution is -2.64. The first-order chi connectivity index (χ1) is 12.6. The largest absolute Gasteiger partial charge is 0.379 e. The van der Waals surface area contributed by atoms with Gasteiger partial charge in [0.25, 0.3) is 5.91 Å². The van der Waals surface area contributed by atoms with E-state index in [9.17, 15) is 9.59 Å². The molecule has 2 atom stereocenters. The number of amidine groups is 1. The Morgan fingerprint density at radius 3 is 2.62 bits per heavy atom. The first-order valence-electron chi connectivity index (χ1n) is 9.83. The van der Waals surface area contributed by atoms with Crippen LogP contribution in [0.15, 0.2) is 4.99 Å². The number of likely N-dealkylation sites (N-methyl/N-ethyl adjacent to an activating group) is 1. The first-order valence-corrected chi connectivity index (χ1v) is 9.83. The normalized spacial score (nSPS) is 26.8. The van der Waals surface area contributed by atoms with Crippen molar-refractivity contribution in [1.29, 1.82) is 0 Å². The summed E-state index contributed by atoms with van der Waals surface area (Å²) in [5, 5.41) is 2.46. The van der Waals surface area contributed by atoms with Gasteiger partial charge in [0, 0.05) is 26.7 Å². The predicted molar refractivity (Wildman–Crippen MR) is 99.0 cm³/mol. The summed E-state index contributed by atoms with van der Waals surface area (Å²) in [6, 6.07) is -0.768. The quantitative estimate of drug-likeness (QED) is 0.646. The average molecular weight is 365 g/mol. The molecule has 146 valence electrons. The van der Waals surface area contributed by atoms with Crippen LogP contribution < -0.4 is 5.32 Å². The van der Waals surface area contributed by atoms with Crippen LogP contribution in [0.1, 0.15) is 39.0 Å². The molecular formula is C18H31N5O3. The number of imide groups is 1. The number of carbonyl (C=O) groups is 2. The molecule has 1 N–H and O–H groups in total. The van der Waals surface area contributed by atoms with E-state index < -0.39 is 12.2 Å². The number of unbranched alkanes of at least 4 members (excludes halogenated alkanes) is 4. The van der Waals surface area contributed by atoms with E-state index >= 15 is 0 Å². The maximum atomic E-state index is 12.5. The molecule has 3 aliphatic heterocycles. The van der Waals surface area contributed by atoms with E-state index in [1.807, 2.05) is 0 Å². The molecule has 3 amide bonds. The number of nitrogens with one attached hydrogen (secondary N) is 1. The van der Waals surface area contributed by atoms with Gasteiger partial charge in [-0.2, -0.15) is 0 Å². The topological polar surface area (TPSA) is 77.5 Å². The SMILES string of the molecule is CCCCCCCN1C(CN2CCOCC2)=NC2C1C(=O)NC(=O)N2C. The fraction of sp³-hybridized carbons (Fsp3) is 0.833. The van der Waals surface area contributed by atoms with Gasteiger partial charge in [0.2, 0.25) is 0 Å². The molecule has 0 aliphatic carbocycles. The van der Waals surface area contributed by atoms with Crippen LogP contribution in [0.2, 0.25) is 0 Å². The second-order valence-corrected chi connectivity index (χ2v) is 7.31. The molecule has 8 heteroatoms. The second kappa shape index (κ2) is 8.81. The highest BCUT2D eigenvalue weighted by Crippen LogP contribution is 2.25. The Morgan fingerprint density at radius 2 is 1.88 bits per heavy atom. The number of hydrogen-bond donors (Lipinski definition) is 1. The number of hydrogen-bond acceptors (Lipinski definition) is 6. The Bertz CT molecular complexity index is 547. The van der Waals surface area contributed by atoms with Crippen LogP contribution in [-0.2, 0) is 9.53 Å². The van der Waals surface area contributed by atoms with Gasteiger partial charge in [0.15, 0.2) is 12.2 Å². The van der Waals surface area contributed by atoms with Gasteiger partial charge in [-0.25, -0.2) is 9.79 Å². The number of rotatable bonds is 8. The van der Waals surface area contributed by atoms with Gasteiger partial charge in [-0.3, -0.25) is 15.0 Å². The van der Waals surface area contributed by atoms with E-state index in [4.69, 9.17) is 9.73 Å². The predicted octanol–water partition coefficient (Wildman–Crippen LogP) is 0.879. The lowest BCUT2D eigenvalue weighted by atomic mass is 10.1. The fourth-order valence-electron chi connectivity index (χ4n) is 3.83. The third-order valence-electron chi connectivity index (χ3n) is 5.42. The Morgan fingerprint density at radius 1 is 1.15 bits per heavy atom. The van der Waals surface area contributed by atoms with E-state index in [1.165, 1.54) is 19.3 Å². The van der Waals surface area contributed by atoms with Crippen LogP contribution >= 0.6 is 0 Å². The van der Waals surface area contributed by atoms with Gasteiger partial charge in [-0.15, -0.1) is 0 Å². The molecule has 0 aromatic heterocycles. The number of carbonyl (C=O) groups excluding carboxylic acids is 2. The van der Waals surface area contributed by atoms with Crippen LogP contribution in [0.4, 0.5) is 4.79 Å². The molecule has 8 nitrogen and oxygen atoms in total. The van der Waals surface area contributed by atoms with Crippen LogP contribution in [0, 0.1) is 0 Å². The van der Waals surface area contributed by atoms with E-state index in [-0.39, 0.29) is 11.9 Å². The van der Waals surface area contributed by atoms with Crippen molar-refractivity contribution < 1.29 is 14.3 Å². The summed E-state index contributed by atoms with van der Waals surface area (Å²) < 4.78 is 5.42. The lowest BCUT2D eigenvalue weighted by molar-refractivity contribution is -0.127. The first kappa shape index (κ1) is 19.1. The summed E-state index contributed by atoms with van der Waals surface area (Å²) in [6.45, 7) is 6.94. The number of fused-ring (bicyclic) bond motifs is 1. The molecule has 2 saturated heterocycles. The van der Waals surface area contributed by atoms with E-state index in [2.05, 4.69) is 22.0 Å². The number of urea groups is 1. The van der Waals surface area contributed by atoms with Gasteiger partial charge in [0.1, 0.15) is 5.84 Å². The molecule has 3 aliphatic rings. The molecule has 0 spiro atoms. The maximum Gasteiger partial charge on any atom is 0.325 e. The van der Waals surface area contributed by atoms with E-state index in [0.717, 1.165) is 51.5 Å². The molecule has 0 radical (unpaired) electrons. The van der Waals surface area contributed by atoms with Gasteiger partial charge in [-0.1, -0.05) is 32.6 Å². The van der Waals surface area contributed by atoms with Crippen LogP contribution in [-0.4, -0.2) is 91.1 Å². The third kappa shape index (κ3) is 4.17. The standard InChI is InChI=1S/C18H31N5O3/c1-3-4-5-6-7-8-23-14(13-22-9-11-26-12-10-22)19-16-15(23)17(24)20-18(25)21(16)2/h15-16H,3-13H2,1-2H3,(H,20,24,25). The van der Waals surface area contributed by atoms with Crippen molar-refractivity contribution in [3.63, 3.8) is 0 Å². The highest BCUT2D eigenvalue weighted by atomic mass is 16.5. The fourth-order valence-corrected chi connectivity index (χ4v) is 3.83. The average Bonchev–Trinajstić information content (AvgIpc) is 2.99. The number of ether oxygens (including phenoxy) is 1. The van der Waals surface area contributed by atoms with Crippen molar-refractivity contribution in [3.05, 3.63) is 0 Å². The van der Waals surface area contributed by atoms with Crippen LogP contribution in [0.25, 0.3) is 0 Å². The summed E-state index contributed by atoms with van der Waals surface area (Å²) in [5.41, 5.74) is 0. The molecule has 0 aromatic carbocycles. The molecule has 3 rings (SSSR count). The minimum absolute atomic E-state index is 0.229. The summed E-state index contributed by atoms with van der Waals surface area (Å²) in [7, 11) is 1.71. The lowest BCUT2D eigenvalue weighted by Gasteiger charge is -2.37. The Kier molecular flexibility index (Phi) is 6.48. The van der Waals surface area contributed by atoms with Crippen molar-refractivity contribution >= 4 is 17.8 Å². The van der Waals surface area contributed by atoms with Gasteiger partial charge >= 0.3 is 6.03 Å². The highest BCUT2D eigenvalue weighted by Gasteiger charge is 2.48. The van der Waals surface area contributed by atoms with Crippen molar-refractivity contribution in [3.8, 4) is 0 Å². The summed E-state index contributed by atoms with van der Waals surface area (Å²) >= 11 is 0. The summed E-state index contributed by atoms with van der Waals surface area (Å²) in [5.74, 6) is 0.696. The number of morpholine rings is 1. The zero-order chi connectivity index (χ0) is 18.5. The smallest absolute Gasteiger partial charge is 0.325 e. The molecule has 0 saturated carbocycles. The zero-order valence-corrected chi connectivity index (χ0v) is 15.9. The molecule has 0 bridgehead atoms. The summed E-state index contributed by atoms with van der Waals surface area (Å²) in [6.07, 6.45) is 5.47. The highest BCUT2D eigenvalue weighted by molar-refractivity contribution is 6.04. The molecule has 2 unspecified atom stereocenters. The second-order valence-electron chi connectivity index (χ2n) is 7.31. The molecule has 3 heterocycles. The number of nitrogens with zero attached hydrogens (tertiary/aromatic N) is 4. The maximum absolute atomic E-state index is 12.5. The van der Waals surface area contributed by atoms with Crippen molar-refractivity contribution in [2.75, 3.05) is 46.4 Å². The van der Waals surface area contributed by atoms with E-state index in [1.54, 1.807) is 11.9 Å². The Balaban J connectivity index is 1.69. The molecule has 26 heavy (non-hydrogen) atoms. The Hall–Kier alpha value is -1.67.